The molecule has 1 aromatic carbocycles. The Hall–Kier alpha value is -1.75. The quantitative estimate of drug-likeness (QED) is 0.734. The number of rotatable bonds is 9. The average Bonchev–Trinajstić information content (AvgIpc) is 2.46. The van der Waals surface area contributed by atoms with E-state index in [9.17, 15) is 4.79 Å². The monoisotopic (exact) mass is 308 g/mol. The third-order valence-electron chi connectivity index (χ3n) is 3.26. The molecule has 1 aromatic rings. The molecule has 3 N–H and O–H groups in total. The summed E-state index contributed by atoms with van der Waals surface area (Å²) < 4.78 is 11.0. The van der Waals surface area contributed by atoms with E-state index >= 15 is 0 Å². The number of nitrogens with two attached hydrogens (primary N) is 1. The number of amides is 1. The first-order valence-electron chi connectivity index (χ1n) is 7.76. The molecule has 0 saturated heterocycles. The fourth-order valence-electron chi connectivity index (χ4n) is 2.45. The number of carbonyl (C=O) groups excluding carboxylic acids is 1. The van der Waals surface area contributed by atoms with Gasteiger partial charge in [-0.3, -0.25) is 4.79 Å². The molecule has 0 aliphatic rings. The highest BCUT2D eigenvalue weighted by molar-refractivity contribution is 5.78. The van der Waals surface area contributed by atoms with Crippen molar-refractivity contribution in [1.82, 2.24) is 5.32 Å². The van der Waals surface area contributed by atoms with Crippen LogP contribution in [-0.2, 0) is 4.79 Å². The minimum absolute atomic E-state index is 0.0578. The predicted octanol–water partition coefficient (Wildman–Crippen LogP) is 2.34. The van der Waals surface area contributed by atoms with Crippen molar-refractivity contribution in [2.75, 3.05) is 19.8 Å². The lowest BCUT2D eigenvalue weighted by Crippen LogP contribution is -2.53. The Morgan fingerprint density at radius 1 is 1.27 bits per heavy atom. The summed E-state index contributed by atoms with van der Waals surface area (Å²) in [5, 5.41) is 2.97. The fraction of sp³-hybridized carbons (Fsp3) is 0.588. The van der Waals surface area contributed by atoms with Gasteiger partial charge in [0, 0.05) is 12.1 Å². The number of nitrogens with one attached hydrogen (secondary N) is 1. The SMILES string of the molecule is CCOc1ccccc1OCC(=O)NC(C)(CN)CC(C)C. The van der Waals surface area contributed by atoms with Crippen molar-refractivity contribution in [2.45, 2.75) is 39.7 Å². The summed E-state index contributed by atoms with van der Waals surface area (Å²) in [6.45, 7) is 8.96. The van der Waals surface area contributed by atoms with Crippen LogP contribution < -0.4 is 20.5 Å². The standard InChI is InChI=1S/C17H28N2O3/c1-5-21-14-8-6-7-9-15(14)22-11-16(20)19-17(4,12-18)10-13(2)3/h6-9,13H,5,10-12,18H2,1-4H3,(H,19,20). The number of hydrogen-bond acceptors (Lipinski definition) is 4. The Morgan fingerprint density at radius 2 is 1.86 bits per heavy atom. The molecule has 0 fully saturated rings. The number of para-hydroxylation sites is 2. The Kier molecular flexibility index (Phi) is 7.18. The Bertz CT molecular complexity index is 477. The normalized spacial score (nSPS) is 13.5. The molecule has 0 spiro atoms. The molecule has 124 valence electrons. The lowest BCUT2D eigenvalue weighted by Gasteiger charge is -2.31. The molecule has 5 heteroatoms. The second-order valence-electron chi connectivity index (χ2n) is 6.08. The molecule has 0 heterocycles. The van der Waals surface area contributed by atoms with E-state index < -0.39 is 5.54 Å². The maximum atomic E-state index is 12.1. The highest BCUT2D eigenvalue weighted by Crippen LogP contribution is 2.26. The van der Waals surface area contributed by atoms with Gasteiger partial charge in [-0.05, 0) is 38.3 Å². The van der Waals surface area contributed by atoms with Gasteiger partial charge in [0.1, 0.15) is 0 Å². The molecule has 0 radical (unpaired) electrons. The van der Waals surface area contributed by atoms with E-state index in [-0.39, 0.29) is 12.5 Å². The summed E-state index contributed by atoms with van der Waals surface area (Å²) in [6.07, 6.45) is 0.824. The van der Waals surface area contributed by atoms with E-state index in [1.807, 2.05) is 32.0 Å². The molecular weight excluding hydrogens is 280 g/mol. The maximum Gasteiger partial charge on any atom is 0.258 e. The molecule has 0 saturated carbocycles. The summed E-state index contributed by atoms with van der Waals surface area (Å²) in [5.41, 5.74) is 5.39. The van der Waals surface area contributed by atoms with Crippen molar-refractivity contribution < 1.29 is 14.3 Å². The Balaban J connectivity index is 2.59. The molecule has 22 heavy (non-hydrogen) atoms. The van der Waals surface area contributed by atoms with Gasteiger partial charge in [0.05, 0.1) is 6.61 Å². The highest BCUT2D eigenvalue weighted by atomic mass is 16.5. The number of benzene rings is 1. The molecule has 1 amide bonds. The van der Waals surface area contributed by atoms with Gasteiger partial charge in [-0.15, -0.1) is 0 Å². The smallest absolute Gasteiger partial charge is 0.258 e. The van der Waals surface area contributed by atoms with Crippen LogP contribution in [0.1, 0.15) is 34.1 Å². The lowest BCUT2D eigenvalue weighted by atomic mass is 9.91. The summed E-state index contributed by atoms with van der Waals surface area (Å²) in [6, 6.07) is 7.32. The number of carbonyl (C=O) groups is 1. The predicted molar refractivity (Wildman–Crippen MR) is 88.2 cm³/mol. The van der Waals surface area contributed by atoms with Crippen LogP contribution in [0.3, 0.4) is 0 Å². The number of ether oxygens (including phenoxy) is 2. The van der Waals surface area contributed by atoms with E-state index in [1.54, 1.807) is 6.07 Å². The van der Waals surface area contributed by atoms with Crippen molar-refractivity contribution in [1.29, 1.82) is 0 Å². The minimum Gasteiger partial charge on any atom is -0.490 e. The first kappa shape index (κ1) is 18.3. The van der Waals surface area contributed by atoms with Crippen LogP contribution in [0.4, 0.5) is 0 Å². The van der Waals surface area contributed by atoms with Crippen LogP contribution in [0.2, 0.25) is 0 Å². The summed E-state index contributed by atoms with van der Waals surface area (Å²) in [7, 11) is 0. The average molecular weight is 308 g/mol. The summed E-state index contributed by atoms with van der Waals surface area (Å²) >= 11 is 0. The topological polar surface area (TPSA) is 73.6 Å². The second kappa shape index (κ2) is 8.63. The van der Waals surface area contributed by atoms with Crippen molar-refractivity contribution >= 4 is 5.91 Å². The van der Waals surface area contributed by atoms with Gasteiger partial charge in [-0.2, -0.15) is 0 Å². The second-order valence-corrected chi connectivity index (χ2v) is 6.08. The van der Waals surface area contributed by atoms with Crippen LogP contribution >= 0.6 is 0 Å². The van der Waals surface area contributed by atoms with Crippen LogP contribution in [0, 0.1) is 5.92 Å². The van der Waals surface area contributed by atoms with Crippen LogP contribution in [0.25, 0.3) is 0 Å². The zero-order chi connectivity index (χ0) is 16.6. The van der Waals surface area contributed by atoms with Crippen molar-refractivity contribution in [3.63, 3.8) is 0 Å². The minimum atomic E-state index is -0.409. The molecule has 1 atom stereocenters. The Morgan fingerprint density at radius 3 is 2.36 bits per heavy atom. The third-order valence-corrected chi connectivity index (χ3v) is 3.26. The summed E-state index contributed by atoms with van der Waals surface area (Å²) in [5.74, 6) is 1.48. The van der Waals surface area contributed by atoms with Gasteiger partial charge in [0.15, 0.2) is 18.1 Å². The largest absolute Gasteiger partial charge is 0.490 e. The van der Waals surface area contributed by atoms with Crippen molar-refractivity contribution in [2.24, 2.45) is 11.7 Å². The Labute approximate surface area is 133 Å². The third kappa shape index (κ3) is 5.93. The van der Waals surface area contributed by atoms with Crippen LogP contribution in [0.15, 0.2) is 24.3 Å². The summed E-state index contributed by atoms with van der Waals surface area (Å²) in [4.78, 5) is 12.1. The molecule has 0 bridgehead atoms. The van der Waals surface area contributed by atoms with E-state index in [1.165, 1.54) is 0 Å². The van der Waals surface area contributed by atoms with Gasteiger partial charge in [-0.1, -0.05) is 26.0 Å². The van der Waals surface area contributed by atoms with E-state index in [0.717, 1.165) is 6.42 Å². The molecule has 1 unspecified atom stereocenters. The number of hydrogen-bond donors (Lipinski definition) is 2. The zero-order valence-corrected chi connectivity index (χ0v) is 14.0. The van der Waals surface area contributed by atoms with E-state index in [0.29, 0.717) is 30.6 Å². The lowest BCUT2D eigenvalue weighted by molar-refractivity contribution is -0.125. The first-order valence-corrected chi connectivity index (χ1v) is 7.76. The van der Waals surface area contributed by atoms with Crippen LogP contribution in [-0.4, -0.2) is 31.2 Å². The van der Waals surface area contributed by atoms with Crippen molar-refractivity contribution in [3.8, 4) is 11.5 Å². The molecule has 0 aliphatic carbocycles. The zero-order valence-electron chi connectivity index (χ0n) is 14.0. The van der Waals surface area contributed by atoms with Crippen molar-refractivity contribution in [3.05, 3.63) is 24.3 Å². The fourth-order valence-corrected chi connectivity index (χ4v) is 2.45. The van der Waals surface area contributed by atoms with Gasteiger partial charge in [-0.25, -0.2) is 0 Å². The maximum absolute atomic E-state index is 12.1. The van der Waals surface area contributed by atoms with Gasteiger partial charge in [0.25, 0.3) is 5.91 Å². The van der Waals surface area contributed by atoms with E-state index in [4.69, 9.17) is 15.2 Å². The van der Waals surface area contributed by atoms with Gasteiger partial charge < -0.3 is 20.5 Å². The molecule has 0 aliphatic heterocycles. The molecular formula is C17H28N2O3. The molecule has 1 rings (SSSR count). The van der Waals surface area contributed by atoms with Crippen LogP contribution in [0.5, 0.6) is 11.5 Å². The van der Waals surface area contributed by atoms with Gasteiger partial charge >= 0.3 is 0 Å². The first-order chi connectivity index (χ1) is 10.4. The van der Waals surface area contributed by atoms with E-state index in [2.05, 4.69) is 19.2 Å². The van der Waals surface area contributed by atoms with Gasteiger partial charge in [0.2, 0.25) is 0 Å². The molecule has 0 aromatic heterocycles. The highest BCUT2D eigenvalue weighted by Gasteiger charge is 2.26. The molecule has 5 nitrogen and oxygen atoms in total.